The van der Waals surface area contributed by atoms with Gasteiger partial charge in [-0.15, -0.1) is 0 Å². The molecule has 5 nitrogen and oxygen atoms in total. The quantitative estimate of drug-likeness (QED) is 0.411. The summed E-state index contributed by atoms with van der Waals surface area (Å²) in [4.78, 5) is 24.6. The predicted molar refractivity (Wildman–Crippen MR) is 118 cm³/mol. The maximum atomic E-state index is 12.4. The number of hydrogen-bond donors (Lipinski definition) is 1. The van der Waals surface area contributed by atoms with E-state index in [-0.39, 0.29) is 23.4 Å². The number of anilines is 1. The van der Waals surface area contributed by atoms with Crippen molar-refractivity contribution in [3.63, 3.8) is 0 Å². The number of carbonyl (C=O) groups is 1. The summed E-state index contributed by atoms with van der Waals surface area (Å²) in [6.07, 6.45) is 0. The van der Waals surface area contributed by atoms with Crippen molar-refractivity contribution < 1.29 is 4.79 Å². The van der Waals surface area contributed by atoms with Gasteiger partial charge in [0, 0.05) is 16.8 Å². The molecule has 29 heavy (non-hydrogen) atoms. The van der Waals surface area contributed by atoms with Crippen molar-refractivity contribution in [3.05, 3.63) is 71.8 Å². The van der Waals surface area contributed by atoms with Crippen LogP contribution in [0.2, 0.25) is 0 Å². The molecule has 0 fully saturated rings. The summed E-state index contributed by atoms with van der Waals surface area (Å²) in [7, 11) is 0. The van der Waals surface area contributed by atoms with E-state index in [9.17, 15) is 4.79 Å². The van der Waals surface area contributed by atoms with Gasteiger partial charge in [0.25, 0.3) is 5.91 Å². The molecule has 150 valence electrons. The molecule has 1 heterocycles. The van der Waals surface area contributed by atoms with Crippen molar-refractivity contribution in [1.82, 2.24) is 15.0 Å². The second kappa shape index (κ2) is 8.80. The number of nitrogens with zero attached hydrogens (tertiary/aromatic N) is 3. The summed E-state index contributed by atoms with van der Waals surface area (Å²) in [5, 5.41) is 2.79. The smallest absolute Gasteiger partial charge is 0.255 e. The zero-order valence-corrected chi connectivity index (χ0v) is 18.7. The summed E-state index contributed by atoms with van der Waals surface area (Å²) in [6, 6.07) is 15.5. The first kappa shape index (κ1) is 22.3. The fraction of sp³-hybridized carbons (Fsp3) is 0.111. The standard InChI is InChI=1S/C18H10Cl6N4O/c19-17(20,21)15-26-13(27-16(28-15)18(22,23)24)10-6-8-11(9-7-10)14(29)25-12-4-2-1-3-5-12/h1-9H,(H,25,29). The maximum absolute atomic E-state index is 12.4. The molecule has 1 amide bonds. The molecule has 0 radical (unpaired) electrons. The van der Waals surface area contributed by atoms with Gasteiger partial charge in [0.1, 0.15) is 0 Å². The van der Waals surface area contributed by atoms with Gasteiger partial charge in [-0.25, -0.2) is 15.0 Å². The van der Waals surface area contributed by atoms with Crippen molar-refractivity contribution >= 4 is 81.2 Å². The van der Waals surface area contributed by atoms with E-state index in [2.05, 4.69) is 20.3 Å². The minimum atomic E-state index is -1.95. The molecule has 0 aliphatic rings. The van der Waals surface area contributed by atoms with Gasteiger partial charge in [0.2, 0.25) is 7.59 Å². The Kier molecular flexibility index (Phi) is 6.78. The molecule has 3 aromatic rings. The first-order chi connectivity index (χ1) is 13.5. The van der Waals surface area contributed by atoms with Gasteiger partial charge in [0.15, 0.2) is 17.5 Å². The number of nitrogens with one attached hydrogen (secondary N) is 1. The zero-order chi connectivity index (χ0) is 21.2. The Labute approximate surface area is 196 Å². The molecule has 0 unspecified atom stereocenters. The van der Waals surface area contributed by atoms with Gasteiger partial charge in [-0.05, 0) is 24.3 Å². The molecule has 1 N–H and O–H groups in total. The van der Waals surface area contributed by atoms with Crippen LogP contribution in [0.1, 0.15) is 22.0 Å². The number of para-hydroxylation sites is 1. The highest BCUT2D eigenvalue weighted by atomic mass is 35.6. The second-order valence-corrected chi connectivity index (χ2v) is 10.3. The van der Waals surface area contributed by atoms with Crippen molar-refractivity contribution in [2.24, 2.45) is 0 Å². The van der Waals surface area contributed by atoms with Crippen molar-refractivity contribution in [3.8, 4) is 11.4 Å². The third-order valence-corrected chi connectivity index (χ3v) is 4.59. The number of amides is 1. The number of hydrogen-bond acceptors (Lipinski definition) is 4. The average molecular weight is 511 g/mol. The van der Waals surface area contributed by atoms with Crippen LogP contribution < -0.4 is 5.32 Å². The molecular formula is C18H10Cl6N4O. The van der Waals surface area contributed by atoms with Crippen molar-refractivity contribution in [1.29, 1.82) is 0 Å². The first-order valence-corrected chi connectivity index (χ1v) is 10.2. The third-order valence-electron chi connectivity index (χ3n) is 3.58. The number of alkyl halides is 6. The second-order valence-electron chi connectivity index (χ2n) is 5.70. The van der Waals surface area contributed by atoms with Gasteiger partial charge in [-0.3, -0.25) is 4.79 Å². The summed E-state index contributed by atoms with van der Waals surface area (Å²) in [6.45, 7) is 0. The minimum Gasteiger partial charge on any atom is -0.322 e. The SMILES string of the molecule is O=C(Nc1ccccc1)c1ccc(-c2nc(C(Cl)(Cl)Cl)nc(C(Cl)(Cl)Cl)n2)cc1. The Morgan fingerprint density at radius 3 is 1.72 bits per heavy atom. The number of aromatic nitrogens is 3. The highest BCUT2D eigenvalue weighted by Crippen LogP contribution is 2.40. The van der Waals surface area contributed by atoms with Crippen LogP contribution >= 0.6 is 69.6 Å². The maximum Gasteiger partial charge on any atom is 0.255 e. The molecule has 0 atom stereocenters. The summed E-state index contributed by atoms with van der Waals surface area (Å²) < 4.78 is -3.89. The Morgan fingerprint density at radius 2 is 1.24 bits per heavy atom. The fourth-order valence-corrected chi connectivity index (χ4v) is 2.76. The molecule has 0 aliphatic carbocycles. The molecule has 2 aromatic carbocycles. The van der Waals surface area contributed by atoms with Gasteiger partial charge in [0.05, 0.1) is 0 Å². The van der Waals surface area contributed by atoms with Crippen LogP contribution in [0.15, 0.2) is 54.6 Å². The third kappa shape index (κ3) is 5.85. The number of carbonyl (C=O) groups excluding carboxylic acids is 1. The van der Waals surface area contributed by atoms with Crippen LogP contribution in [0.3, 0.4) is 0 Å². The molecule has 3 rings (SSSR count). The molecular weight excluding hydrogens is 501 g/mol. The molecule has 0 saturated heterocycles. The summed E-state index contributed by atoms with van der Waals surface area (Å²) in [5.41, 5.74) is 1.61. The van der Waals surface area contributed by atoms with E-state index in [0.29, 0.717) is 16.8 Å². The van der Waals surface area contributed by atoms with E-state index in [4.69, 9.17) is 69.6 Å². The van der Waals surface area contributed by atoms with E-state index < -0.39 is 7.59 Å². The number of rotatable bonds is 3. The predicted octanol–water partition coefficient (Wildman–Crippen LogP) is 6.44. The Bertz CT molecular complexity index is 985. The van der Waals surface area contributed by atoms with Gasteiger partial charge in [-0.2, -0.15) is 0 Å². The minimum absolute atomic E-state index is 0.123. The highest BCUT2D eigenvalue weighted by Gasteiger charge is 2.34. The molecule has 0 spiro atoms. The molecule has 0 bridgehead atoms. The van der Waals surface area contributed by atoms with Crippen LogP contribution in [0.4, 0.5) is 5.69 Å². The van der Waals surface area contributed by atoms with Crippen LogP contribution in [0.5, 0.6) is 0 Å². The summed E-state index contributed by atoms with van der Waals surface area (Å²) >= 11 is 35.3. The lowest BCUT2D eigenvalue weighted by molar-refractivity contribution is 0.102. The molecule has 0 saturated carbocycles. The van der Waals surface area contributed by atoms with E-state index in [0.717, 1.165) is 0 Å². The van der Waals surface area contributed by atoms with E-state index in [1.54, 1.807) is 36.4 Å². The molecule has 0 aliphatic heterocycles. The number of halogens is 6. The van der Waals surface area contributed by atoms with E-state index >= 15 is 0 Å². The lowest BCUT2D eigenvalue weighted by Gasteiger charge is -2.15. The normalized spacial score (nSPS) is 11.9. The van der Waals surface area contributed by atoms with Crippen LogP contribution in [-0.4, -0.2) is 20.9 Å². The lowest BCUT2D eigenvalue weighted by atomic mass is 10.1. The molecule has 11 heteroatoms. The van der Waals surface area contributed by atoms with Crippen molar-refractivity contribution in [2.75, 3.05) is 5.32 Å². The largest absolute Gasteiger partial charge is 0.322 e. The van der Waals surface area contributed by atoms with E-state index in [1.165, 1.54) is 0 Å². The van der Waals surface area contributed by atoms with Gasteiger partial charge < -0.3 is 5.32 Å². The Balaban J connectivity index is 1.92. The van der Waals surface area contributed by atoms with Gasteiger partial charge >= 0.3 is 0 Å². The lowest BCUT2D eigenvalue weighted by Crippen LogP contribution is -2.17. The fourth-order valence-electron chi connectivity index (χ4n) is 2.25. The Morgan fingerprint density at radius 1 is 0.724 bits per heavy atom. The van der Waals surface area contributed by atoms with Crippen LogP contribution in [0.25, 0.3) is 11.4 Å². The Hall–Kier alpha value is -1.34. The van der Waals surface area contributed by atoms with Crippen molar-refractivity contribution in [2.45, 2.75) is 7.59 Å². The monoisotopic (exact) mass is 508 g/mol. The zero-order valence-electron chi connectivity index (χ0n) is 14.2. The highest BCUT2D eigenvalue weighted by molar-refractivity contribution is 6.67. The van der Waals surface area contributed by atoms with Gasteiger partial charge in [-0.1, -0.05) is 99.9 Å². The average Bonchev–Trinajstić information content (AvgIpc) is 2.67. The number of benzene rings is 2. The van der Waals surface area contributed by atoms with Crippen LogP contribution in [-0.2, 0) is 7.59 Å². The first-order valence-electron chi connectivity index (χ1n) is 7.91. The van der Waals surface area contributed by atoms with E-state index in [1.807, 2.05) is 18.2 Å². The summed E-state index contributed by atoms with van der Waals surface area (Å²) in [5.74, 6) is -0.542. The van der Waals surface area contributed by atoms with Crippen LogP contribution in [0, 0.1) is 0 Å². The topological polar surface area (TPSA) is 67.8 Å². The molecule has 1 aromatic heterocycles.